The highest BCUT2D eigenvalue weighted by Crippen LogP contribution is 2.44. The predicted octanol–water partition coefficient (Wildman–Crippen LogP) is 2.43. The summed E-state index contributed by atoms with van der Waals surface area (Å²) >= 11 is 1.56. The Morgan fingerprint density at radius 3 is 2.26 bits per heavy atom. The largest absolute Gasteiger partial charge is 1.00 e. The van der Waals surface area contributed by atoms with E-state index in [0.29, 0.717) is 30.4 Å². The summed E-state index contributed by atoms with van der Waals surface area (Å²) in [7, 11) is 0. The van der Waals surface area contributed by atoms with Crippen LogP contribution < -0.4 is 21.9 Å². The van der Waals surface area contributed by atoms with Gasteiger partial charge in [0.15, 0.2) is 4.98 Å². The minimum absolute atomic E-state index is 0. The zero-order chi connectivity index (χ0) is 15.9. The highest BCUT2D eigenvalue weighted by atomic mass is 35.5. The summed E-state index contributed by atoms with van der Waals surface area (Å²) in [5.74, 6) is 1.23. The molecule has 122 valence electrons. The first kappa shape index (κ1) is 19.1. The Labute approximate surface area is 147 Å². The van der Waals surface area contributed by atoms with Gasteiger partial charge in [0.05, 0.1) is 24.2 Å². The van der Waals surface area contributed by atoms with Gasteiger partial charge >= 0.3 is 5.69 Å². The SMILES string of the molecule is CCOc1cc([N+]#N)c(OCC)c(Sc2ccc(C)cc2)c1.[Cl-]. The second-order valence-corrected chi connectivity index (χ2v) is 5.77. The number of hydrogen-bond acceptors (Lipinski definition) is 4. The molecule has 0 radical (unpaired) electrons. The molecule has 0 spiro atoms. The van der Waals surface area contributed by atoms with E-state index in [4.69, 9.17) is 9.47 Å². The normalized spacial score (nSPS) is 9.65. The third-order valence-electron chi connectivity index (χ3n) is 2.96. The second kappa shape index (κ2) is 9.29. The van der Waals surface area contributed by atoms with E-state index in [1.165, 1.54) is 5.56 Å². The quantitative estimate of drug-likeness (QED) is 0.751. The van der Waals surface area contributed by atoms with Gasteiger partial charge in [0, 0.05) is 4.90 Å². The van der Waals surface area contributed by atoms with E-state index in [1.54, 1.807) is 17.8 Å². The van der Waals surface area contributed by atoms with Crippen molar-refractivity contribution in [3.8, 4) is 11.5 Å². The fraction of sp³-hybridized carbons (Fsp3) is 0.294. The topological polar surface area (TPSA) is 46.6 Å². The van der Waals surface area contributed by atoms with Crippen LogP contribution in [0.15, 0.2) is 46.2 Å². The van der Waals surface area contributed by atoms with Crippen molar-refractivity contribution < 1.29 is 21.9 Å². The molecule has 0 fully saturated rings. The van der Waals surface area contributed by atoms with E-state index in [1.807, 2.05) is 19.9 Å². The lowest BCUT2D eigenvalue weighted by atomic mass is 10.2. The monoisotopic (exact) mass is 350 g/mol. The van der Waals surface area contributed by atoms with Gasteiger partial charge in [-0.05, 0) is 39.0 Å². The Morgan fingerprint density at radius 2 is 1.70 bits per heavy atom. The number of benzene rings is 2. The fourth-order valence-electron chi connectivity index (χ4n) is 1.99. The van der Waals surface area contributed by atoms with Crippen molar-refractivity contribution in [1.29, 1.82) is 5.39 Å². The van der Waals surface area contributed by atoms with Crippen LogP contribution in [-0.4, -0.2) is 13.2 Å². The van der Waals surface area contributed by atoms with E-state index < -0.39 is 0 Å². The summed E-state index contributed by atoms with van der Waals surface area (Å²) < 4.78 is 11.2. The maximum atomic E-state index is 9.24. The Bertz CT molecular complexity index is 684. The third kappa shape index (κ3) is 5.05. The molecule has 0 N–H and O–H groups in total. The molecule has 0 heterocycles. The molecular weight excluding hydrogens is 332 g/mol. The fourth-order valence-corrected chi connectivity index (χ4v) is 2.94. The Kier molecular flexibility index (Phi) is 7.73. The number of nitrogens with zero attached hydrogens (tertiary/aromatic N) is 2. The molecule has 0 bridgehead atoms. The van der Waals surface area contributed by atoms with E-state index >= 15 is 0 Å². The minimum atomic E-state index is 0. The van der Waals surface area contributed by atoms with Crippen LogP contribution in [0.25, 0.3) is 4.98 Å². The van der Waals surface area contributed by atoms with Crippen molar-refractivity contribution in [2.45, 2.75) is 30.6 Å². The molecule has 2 aromatic rings. The Balaban J connectivity index is 0.00000264. The van der Waals surface area contributed by atoms with Crippen molar-refractivity contribution >= 4 is 17.4 Å². The number of hydrogen-bond donors (Lipinski definition) is 0. The average molecular weight is 351 g/mol. The maximum absolute atomic E-state index is 9.24. The van der Waals surface area contributed by atoms with Gasteiger partial charge in [-0.2, -0.15) is 0 Å². The molecule has 0 saturated carbocycles. The van der Waals surface area contributed by atoms with E-state index in [0.717, 1.165) is 9.79 Å². The van der Waals surface area contributed by atoms with Crippen molar-refractivity contribution in [3.63, 3.8) is 0 Å². The molecule has 0 aliphatic carbocycles. The van der Waals surface area contributed by atoms with Gasteiger partial charge in [-0.3, -0.25) is 0 Å². The summed E-state index contributed by atoms with van der Waals surface area (Å²) in [6.45, 7) is 6.92. The van der Waals surface area contributed by atoms with Gasteiger partial charge in [-0.15, -0.1) is 0 Å². The van der Waals surface area contributed by atoms with Crippen molar-refractivity contribution in [2.24, 2.45) is 0 Å². The van der Waals surface area contributed by atoms with Crippen molar-refractivity contribution in [2.75, 3.05) is 13.2 Å². The smallest absolute Gasteiger partial charge is 0.431 e. The van der Waals surface area contributed by atoms with E-state index in [2.05, 4.69) is 36.2 Å². The van der Waals surface area contributed by atoms with Crippen LogP contribution in [0.2, 0.25) is 0 Å². The molecule has 0 saturated heterocycles. The minimum Gasteiger partial charge on any atom is -1.00 e. The van der Waals surface area contributed by atoms with Crippen molar-refractivity contribution in [3.05, 3.63) is 46.9 Å². The number of halogens is 1. The molecule has 0 amide bonds. The Hall–Kier alpha value is -1.90. The standard InChI is InChI=1S/C17H19N2O2S.ClH/c1-4-20-13-10-15(19-18)17(21-5-2)16(11-13)22-14-8-6-12(3)7-9-14;/h6-11H,4-5H2,1-3H3;1H/q+1;/p-1. The summed E-state index contributed by atoms with van der Waals surface area (Å²) in [6, 6.07) is 11.8. The molecule has 0 aliphatic rings. The molecule has 2 aromatic carbocycles. The second-order valence-electron chi connectivity index (χ2n) is 4.65. The number of aryl methyl sites for hydroxylation is 1. The summed E-state index contributed by atoms with van der Waals surface area (Å²) in [5, 5.41) is 9.24. The van der Waals surface area contributed by atoms with Gasteiger partial charge in [0.25, 0.3) is 0 Å². The number of ether oxygens (including phenoxy) is 2. The molecule has 23 heavy (non-hydrogen) atoms. The summed E-state index contributed by atoms with van der Waals surface area (Å²) in [6.07, 6.45) is 0. The van der Waals surface area contributed by atoms with Crippen LogP contribution in [0, 0.1) is 12.3 Å². The molecule has 6 heteroatoms. The molecule has 0 atom stereocenters. The third-order valence-corrected chi connectivity index (χ3v) is 4.00. The highest BCUT2D eigenvalue weighted by Gasteiger charge is 2.23. The molecule has 0 unspecified atom stereocenters. The van der Waals surface area contributed by atoms with Gasteiger partial charge in [0.1, 0.15) is 5.75 Å². The maximum Gasteiger partial charge on any atom is 0.431 e. The molecule has 4 nitrogen and oxygen atoms in total. The summed E-state index contributed by atoms with van der Waals surface area (Å²) in [4.78, 5) is 5.28. The van der Waals surface area contributed by atoms with Crippen LogP contribution in [0.5, 0.6) is 11.5 Å². The van der Waals surface area contributed by atoms with Crippen LogP contribution >= 0.6 is 11.8 Å². The first-order valence-corrected chi connectivity index (χ1v) is 8.02. The number of rotatable bonds is 6. The van der Waals surface area contributed by atoms with Crippen LogP contribution in [-0.2, 0) is 0 Å². The Morgan fingerprint density at radius 1 is 1.04 bits per heavy atom. The molecule has 0 aromatic heterocycles. The van der Waals surface area contributed by atoms with Gasteiger partial charge in [-0.1, -0.05) is 29.5 Å². The predicted molar refractivity (Wildman–Crippen MR) is 88.8 cm³/mol. The lowest BCUT2D eigenvalue weighted by Gasteiger charge is -2.10. The van der Waals surface area contributed by atoms with Gasteiger partial charge < -0.3 is 21.9 Å². The zero-order valence-corrected chi connectivity index (χ0v) is 14.9. The van der Waals surface area contributed by atoms with Crippen LogP contribution in [0.3, 0.4) is 0 Å². The lowest BCUT2D eigenvalue weighted by Crippen LogP contribution is -3.00. The molecule has 2 rings (SSSR count). The van der Waals surface area contributed by atoms with E-state index in [-0.39, 0.29) is 12.4 Å². The lowest BCUT2D eigenvalue weighted by molar-refractivity contribution is -0.00000586. The van der Waals surface area contributed by atoms with Gasteiger partial charge in [0.2, 0.25) is 11.1 Å². The first-order chi connectivity index (χ1) is 10.7. The van der Waals surface area contributed by atoms with E-state index in [9.17, 15) is 5.39 Å². The zero-order valence-electron chi connectivity index (χ0n) is 13.4. The average Bonchev–Trinajstić information content (AvgIpc) is 2.52. The van der Waals surface area contributed by atoms with Crippen molar-refractivity contribution in [1.82, 2.24) is 0 Å². The number of diazo groups is 1. The van der Waals surface area contributed by atoms with Crippen LogP contribution in [0.1, 0.15) is 19.4 Å². The molecule has 0 aliphatic heterocycles. The first-order valence-electron chi connectivity index (χ1n) is 7.21. The van der Waals surface area contributed by atoms with Gasteiger partial charge in [-0.25, -0.2) is 0 Å². The molecular formula is C17H19ClN2O2S. The van der Waals surface area contributed by atoms with Crippen LogP contribution in [0.4, 0.5) is 5.69 Å². The summed E-state index contributed by atoms with van der Waals surface area (Å²) in [5.41, 5.74) is 1.59. The highest BCUT2D eigenvalue weighted by molar-refractivity contribution is 7.99.